The minimum absolute atomic E-state index is 0.0586. The number of benzene rings is 2. The number of fused-ring (bicyclic) bond motifs is 1. The van der Waals surface area contributed by atoms with E-state index in [1.165, 1.54) is 6.07 Å². The monoisotopic (exact) mass is 314 g/mol. The van der Waals surface area contributed by atoms with Crippen LogP contribution in [0.1, 0.15) is 11.1 Å². The van der Waals surface area contributed by atoms with Gasteiger partial charge in [-0.25, -0.2) is 0 Å². The molecule has 4 N–H and O–H groups in total. The maximum Gasteiger partial charge on any atom is 0.197 e. The molecule has 1 aromatic heterocycles. The maximum atomic E-state index is 12.4. The number of aliphatic hydroxyl groups excluding tert-OH is 2. The van der Waals surface area contributed by atoms with Gasteiger partial charge in [0.05, 0.1) is 24.3 Å². The van der Waals surface area contributed by atoms with Crippen LogP contribution in [0, 0.1) is 0 Å². The summed E-state index contributed by atoms with van der Waals surface area (Å²) < 4.78 is 5.65. The highest BCUT2D eigenvalue weighted by Gasteiger charge is 2.22. The van der Waals surface area contributed by atoms with E-state index in [4.69, 9.17) is 4.42 Å². The molecule has 3 aromatic rings. The molecule has 0 bridgehead atoms. The van der Waals surface area contributed by atoms with E-state index in [1.54, 1.807) is 24.3 Å². The lowest BCUT2D eigenvalue weighted by atomic mass is 10.0. The normalized spacial score (nSPS) is 11.0. The third kappa shape index (κ3) is 2.34. The van der Waals surface area contributed by atoms with Crippen molar-refractivity contribution in [3.05, 3.63) is 57.7 Å². The zero-order valence-corrected chi connectivity index (χ0v) is 12.0. The Kier molecular flexibility index (Phi) is 3.77. The molecule has 0 unspecified atom stereocenters. The van der Waals surface area contributed by atoms with Crippen LogP contribution in [-0.2, 0) is 13.2 Å². The number of hydrogen-bond acceptors (Lipinski definition) is 6. The predicted molar refractivity (Wildman–Crippen MR) is 83.1 cm³/mol. The van der Waals surface area contributed by atoms with Crippen molar-refractivity contribution in [3.8, 4) is 22.8 Å². The molecule has 0 aliphatic rings. The van der Waals surface area contributed by atoms with E-state index < -0.39 is 30.1 Å². The molecule has 6 heteroatoms. The number of phenols is 2. The third-order valence-electron chi connectivity index (χ3n) is 3.69. The highest BCUT2D eigenvalue weighted by molar-refractivity contribution is 5.91. The van der Waals surface area contributed by atoms with E-state index in [-0.39, 0.29) is 27.9 Å². The van der Waals surface area contributed by atoms with E-state index in [1.807, 2.05) is 6.07 Å². The van der Waals surface area contributed by atoms with Gasteiger partial charge in [0.15, 0.2) is 11.0 Å². The molecule has 0 atom stereocenters. The molecule has 0 spiro atoms. The molecule has 2 aromatic carbocycles. The molecule has 118 valence electrons. The third-order valence-corrected chi connectivity index (χ3v) is 3.69. The Morgan fingerprint density at radius 3 is 2.17 bits per heavy atom. The van der Waals surface area contributed by atoms with Gasteiger partial charge in [0, 0.05) is 11.6 Å². The first-order valence-electron chi connectivity index (χ1n) is 6.89. The second-order valence-electron chi connectivity index (χ2n) is 5.02. The molecule has 23 heavy (non-hydrogen) atoms. The molecule has 3 rings (SSSR count). The van der Waals surface area contributed by atoms with Gasteiger partial charge in [0.1, 0.15) is 22.6 Å². The Bertz CT molecular complexity index is 927. The van der Waals surface area contributed by atoms with Gasteiger partial charge in [-0.15, -0.1) is 0 Å². The second-order valence-corrected chi connectivity index (χ2v) is 5.02. The average molecular weight is 314 g/mol. The molecular weight excluding hydrogens is 300 g/mol. The van der Waals surface area contributed by atoms with E-state index in [9.17, 15) is 25.2 Å². The van der Waals surface area contributed by atoms with Crippen molar-refractivity contribution in [1.82, 2.24) is 0 Å². The van der Waals surface area contributed by atoms with Crippen LogP contribution in [0.3, 0.4) is 0 Å². The van der Waals surface area contributed by atoms with Crippen LogP contribution in [0.25, 0.3) is 22.3 Å². The number of aromatic hydroxyl groups is 2. The molecule has 0 saturated carbocycles. The standard InChI is InChI=1S/C17H14O6/c18-7-10-15(21)11(8-19)17-14(16(10)22)12(20)6-13(23-17)9-4-2-1-3-5-9/h1-6,18-19,21-22H,7-8H2. The topological polar surface area (TPSA) is 111 Å². The van der Waals surface area contributed by atoms with Crippen molar-refractivity contribution >= 4 is 11.0 Å². The SMILES string of the molecule is O=c1cc(-c2ccccc2)oc2c(CO)c(O)c(CO)c(O)c12. The van der Waals surface area contributed by atoms with Crippen molar-refractivity contribution in [2.45, 2.75) is 13.2 Å². The smallest absolute Gasteiger partial charge is 0.197 e. The summed E-state index contributed by atoms with van der Waals surface area (Å²) in [6.45, 7) is -1.29. The summed E-state index contributed by atoms with van der Waals surface area (Å²) in [5, 5.41) is 38.8. The van der Waals surface area contributed by atoms with Gasteiger partial charge in [-0.3, -0.25) is 4.79 Å². The van der Waals surface area contributed by atoms with Crippen LogP contribution in [0.5, 0.6) is 11.5 Å². The zero-order chi connectivity index (χ0) is 16.6. The first kappa shape index (κ1) is 15.1. The van der Waals surface area contributed by atoms with Crippen molar-refractivity contribution in [2.24, 2.45) is 0 Å². The van der Waals surface area contributed by atoms with E-state index in [0.717, 1.165) is 0 Å². The zero-order valence-electron chi connectivity index (χ0n) is 12.0. The number of aliphatic hydroxyl groups is 2. The highest BCUT2D eigenvalue weighted by Crippen LogP contribution is 2.39. The largest absolute Gasteiger partial charge is 0.507 e. The van der Waals surface area contributed by atoms with Gasteiger partial charge in [-0.1, -0.05) is 30.3 Å². The van der Waals surface area contributed by atoms with E-state index in [2.05, 4.69) is 0 Å². The Morgan fingerprint density at radius 1 is 0.913 bits per heavy atom. The molecule has 0 fully saturated rings. The lowest BCUT2D eigenvalue weighted by Crippen LogP contribution is -2.05. The highest BCUT2D eigenvalue weighted by atomic mass is 16.3. The molecule has 0 aliphatic heterocycles. The van der Waals surface area contributed by atoms with Crippen molar-refractivity contribution in [2.75, 3.05) is 0 Å². The van der Waals surface area contributed by atoms with Gasteiger partial charge in [-0.2, -0.15) is 0 Å². The van der Waals surface area contributed by atoms with Gasteiger partial charge in [0.25, 0.3) is 0 Å². The molecule has 1 heterocycles. The quantitative estimate of drug-likeness (QED) is 0.587. The van der Waals surface area contributed by atoms with Crippen molar-refractivity contribution < 1.29 is 24.8 Å². The molecule has 0 radical (unpaired) electrons. The fraction of sp³-hybridized carbons (Fsp3) is 0.118. The number of hydrogen-bond donors (Lipinski definition) is 4. The Hall–Kier alpha value is -2.83. The van der Waals surface area contributed by atoms with Crippen molar-refractivity contribution in [3.63, 3.8) is 0 Å². The summed E-state index contributed by atoms with van der Waals surface area (Å²) in [4.78, 5) is 12.4. The first-order valence-corrected chi connectivity index (χ1v) is 6.89. The van der Waals surface area contributed by atoms with Gasteiger partial charge in [0.2, 0.25) is 0 Å². The summed E-state index contributed by atoms with van der Waals surface area (Å²) in [5.41, 5.74) is -0.281. The van der Waals surface area contributed by atoms with Crippen LogP contribution in [0.4, 0.5) is 0 Å². The second kappa shape index (κ2) is 5.75. The average Bonchev–Trinajstić information content (AvgIpc) is 2.56. The minimum atomic E-state index is -0.680. The van der Waals surface area contributed by atoms with Crippen LogP contribution in [-0.4, -0.2) is 20.4 Å². The van der Waals surface area contributed by atoms with Crippen LogP contribution < -0.4 is 5.43 Å². The van der Waals surface area contributed by atoms with Crippen LogP contribution in [0.15, 0.2) is 45.6 Å². The fourth-order valence-electron chi connectivity index (χ4n) is 2.52. The van der Waals surface area contributed by atoms with Gasteiger partial charge < -0.3 is 24.8 Å². The summed E-state index contributed by atoms with van der Waals surface area (Å²) in [5.74, 6) is -0.799. The predicted octanol–water partition coefficient (Wildman–Crippen LogP) is 1.86. The molecule has 0 saturated heterocycles. The Balaban J connectivity index is 2.43. The molecule has 0 aliphatic carbocycles. The lowest BCUT2D eigenvalue weighted by Gasteiger charge is -2.13. The maximum absolute atomic E-state index is 12.4. The fourth-order valence-corrected chi connectivity index (χ4v) is 2.52. The first-order chi connectivity index (χ1) is 11.1. The van der Waals surface area contributed by atoms with Gasteiger partial charge >= 0.3 is 0 Å². The lowest BCUT2D eigenvalue weighted by molar-refractivity contribution is 0.259. The summed E-state index contributed by atoms with van der Waals surface area (Å²) >= 11 is 0. The Morgan fingerprint density at radius 2 is 1.57 bits per heavy atom. The summed E-state index contributed by atoms with van der Waals surface area (Å²) in [7, 11) is 0. The minimum Gasteiger partial charge on any atom is -0.507 e. The van der Waals surface area contributed by atoms with Crippen molar-refractivity contribution in [1.29, 1.82) is 0 Å². The molecule has 0 amide bonds. The van der Waals surface area contributed by atoms with Crippen LogP contribution >= 0.6 is 0 Å². The number of rotatable bonds is 3. The van der Waals surface area contributed by atoms with Crippen LogP contribution in [0.2, 0.25) is 0 Å². The Labute approximate surface area is 130 Å². The van der Waals surface area contributed by atoms with E-state index >= 15 is 0 Å². The molecule has 6 nitrogen and oxygen atoms in total. The van der Waals surface area contributed by atoms with E-state index in [0.29, 0.717) is 5.56 Å². The summed E-state index contributed by atoms with van der Waals surface area (Å²) in [6.07, 6.45) is 0. The molecular formula is C17H14O6. The summed E-state index contributed by atoms with van der Waals surface area (Å²) in [6, 6.07) is 10.1. The van der Waals surface area contributed by atoms with Gasteiger partial charge in [-0.05, 0) is 0 Å².